The Kier molecular flexibility index (Phi) is 226. The molecule has 0 bridgehead atoms. The van der Waals surface area contributed by atoms with Crippen LogP contribution in [0.5, 0.6) is 0 Å². The molecule has 7 heavy (non-hydrogen) atoms. The fourth-order valence-electron chi connectivity index (χ4n) is 0. The van der Waals surface area contributed by atoms with Crippen LogP contribution in [-0.2, 0) is 32.7 Å². The first-order valence-corrected chi connectivity index (χ1v) is 1.15. The van der Waals surface area contributed by atoms with E-state index in [0.717, 1.165) is 0 Å². The van der Waals surface area contributed by atoms with Gasteiger partial charge >= 0.3 is 0 Å². The molecule has 45 valence electrons. The molecule has 0 fully saturated rings. The summed E-state index contributed by atoms with van der Waals surface area (Å²) in [4.78, 5) is 0. The van der Waals surface area contributed by atoms with Gasteiger partial charge in [0.25, 0.3) is 0 Å². The van der Waals surface area contributed by atoms with Crippen LogP contribution in [0.25, 0.3) is 0 Å². The fraction of sp³-hybridized carbons (Fsp3) is 0.750. The van der Waals surface area contributed by atoms with Crippen molar-refractivity contribution in [3.8, 4) is 0 Å². The molecule has 0 saturated carbocycles. The Labute approximate surface area is 69.6 Å². The van der Waals surface area contributed by atoms with E-state index in [1.54, 1.807) is 0 Å². The summed E-state index contributed by atoms with van der Waals surface area (Å²) in [5, 5.41) is 0. The van der Waals surface area contributed by atoms with Crippen LogP contribution in [-0.4, -0.2) is 13.9 Å². The molecule has 0 aromatic heterocycles. The Morgan fingerprint density at radius 1 is 1.43 bits per heavy atom. The molecule has 0 nitrogen and oxygen atoms in total. The number of alkyl halides is 2. The largest absolute Gasteiger partial charge is 0.313 e. The first-order valence-electron chi connectivity index (χ1n) is 1.15. The maximum Gasteiger partial charge on any atom is 0.0785 e. The van der Waals surface area contributed by atoms with Crippen molar-refractivity contribution < 1.29 is 41.5 Å². The van der Waals surface area contributed by atoms with E-state index in [1.165, 1.54) is 0 Å². The van der Waals surface area contributed by atoms with Crippen molar-refractivity contribution in [3.63, 3.8) is 0 Å². The zero-order chi connectivity index (χ0) is 4.71. The topological polar surface area (TPSA) is 0 Å². The maximum absolute atomic E-state index is 10.2. The molecule has 0 spiro atoms. The zero-order valence-corrected chi connectivity index (χ0v) is 6.59. The third kappa shape index (κ3) is 185. The molecule has 3 heteroatoms. The van der Waals surface area contributed by atoms with E-state index in [2.05, 4.69) is 6.92 Å². The maximum atomic E-state index is 10.2. The van der Waals surface area contributed by atoms with Gasteiger partial charge < -0.3 is 6.92 Å². The second kappa shape index (κ2) is 64.2. The van der Waals surface area contributed by atoms with Crippen molar-refractivity contribution in [3.05, 3.63) is 6.92 Å². The molecule has 1 radical (unpaired) electrons. The second-order valence-electron chi connectivity index (χ2n) is 0.189. The third-order valence-electron chi connectivity index (χ3n) is 0. The number of hydrogen-bond donors (Lipinski definition) is 0. The third-order valence-corrected chi connectivity index (χ3v) is 0. The minimum absolute atomic E-state index is 0. The Bertz CT molecular complexity index is 9.65. The van der Waals surface area contributed by atoms with Crippen LogP contribution in [0.3, 0.4) is 0 Å². The van der Waals surface area contributed by atoms with Crippen LogP contribution < -0.4 is 0 Å². The summed E-state index contributed by atoms with van der Waals surface area (Å²) in [6, 6.07) is 0. The van der Waals surface area contributed by atoms with E-state index in [0.29, 0.717) is 7.18 Å². The van der Waals surface area contributed by atoms with Gasteiger partial charge in [-0.25, -0.2) is 0 Å². The standard InChI is InChI=1S/C2H4F.CH3F.CH4.Y/c1-2-3;1-2;;/h1-2H2;1H3;1H4;/q-1;;;. The molecule has 0 aliphatic rings. The van der Waals surface area contributed by atoms with Gasteiger partial charge in [-0.1, -0.05) is 7.43 Å². The number of rotatable bonds is 0. The van der Waals surface area contributed by atoms with Crippen molar-refractivity contribution in [2.45, 2.75) is 7.43 Å². The zero-order valence-electron chi connectivity index (χ0n) is 3.75. The summed E-state index contributed by atoms with van der Waals surface area (Å²) in [5.41, 5.74) is 0. The number of halogens is 2. The van der Waals surface area contributed by atoms with Crippen LogP contribution in [0.15, 0.2) is 0 Å². The Balaban J connectivity index is -0.0000000105. The molecule has 0 aliphatic heterocycles. The fourth-order valence-corrected chi connectivity index (χ4v) is 0. The molecule has 0 aromatic rings. The summed E-state index contributed by atoms with van der Waals surface area (Å²) in [6.45, 7) is 2.32. The van der Waals surface area contributed by atoms with Gasteiger partial charge in [0.1, 0.15) is 0 Å². The van der Waals surface area contributed by atoms with E-state index < -0.39 is 6.67 Å². The van der Waals surface area contributed by atoms with Gasteiger partial charge in [-0.15, -0.1) is 0 Å². The Morgan fingerprint density at radius 3 is 1.43 bits per heavy atom. The van der Waals surface area contributed by atoms with Crippen molar-refractivity contribution in [2.75, 3.05) is 13.9 Å². The van der Waals surface area contributed by atoms with E-state index in [9.17, 15) is 8.78 Å². The van der Waals surface area contributed by atoms with Gasteiger partial charge in [0.15, 0.2) is 0 Å². The van der Waals surface area contributed by atoms with Crippen LogP contribution in [0.2, 0.25) is 0 Å². The molecule has 0 unspecified atom stereocenters. The Morgan fingerprint density at radius 2 is 1.43 bits per heavy atom. The van der Waals surface area contributed by atoms with Gasteiger partial charge in [0.05, 0.1) is 7.18 Å². The van der Waals surface area contributed by atoms with Crippen molar-refractivity contribution in [1.82, 2.24) is 0 Å². The molecule has 0 rings (SSSR count). The molecular formula is C4H11F2Y-. The van der Waals surface area contributed by atoms with Gasteiger partial charge in [-0.2, -0.15) is 0 Å². The predicted molar refractivity (Wildman–Crippen MR) is 25.1 cm³/mol. The summed E-state index contributed by atoms with van der Waals surface area (Å²) < 4.78 is 19.7. The SMILES string of the molecule is C.CF.[CH2-]CF.[Y]. The van der Waals surface area contributed by atoms with Crippen molar-refractivity contribution >= 4 is 0 Å². The van der Waals surface area contributed by atoms with E-state index in [1.807, 2.05) is 0 Å². The summed E-state index contributed by atoms with van der Waals surface area (Å²) >= 11 is 0. The summed E-state index contributed by atoms with van der Waals surface area (Å²) in [6.07, 6.45) is 0. The van der Waals surface area contributed by atoms with Gasteiger partial charge in [0.2, 0.25) is 0 Å². The predicted octanol–water partition coefficient (Wildman–Crippen LogP) is 2.01. The molecule has 0 atom stereocenters. The van der Waals surface area contributed by atoms with E-state index >= 15 is 0 Å². The summed E-state index contributed by atoms with van der Waals surface area (Å²) in [5.74, 6) is 0. The van der Waals surface area contributed by atoms with E-state index in [-0.39, 0.29) is 40.1 Å². The minimum atomic E-state index is -0.500. The van der Waals surface area contributed by atoms with Crippen LogP contribution in [0.4, 0.5) is 8.78 Å². The molecule has 0 N–H and O–H groups in total. The molecule has 0 aliphatic carbocycles. The molecule has 0 heterocycles. The molecule has 0 amide bonds. The van der Waals surface area contributed by atoms with E-state index in [4.69, 9.17) is 0 Å². The molecular weight excluding hydrogens is 175 g/mol. The van der Waals surface area contributed by atoms with Gasteiger partial charge in [-0.05, 0) is 6.67 Å². The normalized spacial score (nSPS) is 3.43. The monoisotopic (exact) mass is 186 g/mol. The van der Waals surface area contributed by atoms with Crippen LogP contribution in [0.1, 0.15) is 7.43 Å². The average molecular weight is 186 g/mol. The smallest absolute Gasteiger partial charge is 0.0785 e. The quantitative estimate of drug-likeness (QED) is 0.507. The first kappa shape index (κ1) is 24.6. The summed E-state index contributed by atoms with van der Waals surface area (Å²) in [7, 11) is 0.500. The first-order chi connectivity index (χ1) is 2.41. The van der Waals surface area contributed by atoms with Crippen LogP contribution >= 0.6 is 0 Å². The average Bonchev–Trinajstić information content (AvgIpc) is 1.46. The van der Waals surface area contributed by atoms with Crippen LogP contribution in [0, 0.1) is 6.92 Å². The van der Waals surface area contributed by atoms with Gasteiger partial charge in [-0.3, -0.25) is 8.78 Å². The number of hydrogen-bond acceptors (Lipinski definition) is 0. The van der Waals surface area contributed by atoms with Gasteiger partial charge in [0, 0.05) is 32.7 Å². The Hall–Kier alpha value is 0.964. The molecule has 0 aromatic carbocycles. The van der Waals surface area contributed by atoms with Crippen molar-refractivity contribution in [2.24, 2.45) is 0 Å². The molecule has 0 saturated heterocycles. The van der Waals surface area contributed by atoms with Crippen molar-refractivity contribution in [1.29, 1.82) is 0 Å². The minimum Gasteiger partial charge on any atom is -0.313 e. The second-order valence-corrected chi connectivity index (χ2v) is 0.189.